The van der Waals surface area contributed by atoms with E-state index >= 15 is 0 Å². The van der Waals surface area contributed by atoms with E-state index in [1.165, 1.54) is 7.11 Å². The molecule has 0 aromatic heterocycles. The molecule has 0 unspecified atom stereocenters. The van der Waals surface area contributed by atoms with Crippen LogP contribution in [0.3, 0.4) is 0 Å². The topological polar surface area (TPSA) is 93.7 Å². The molecule has 0 spiro atoms. The van der Waals surface area contributed by atoms with Gasteiger partial charge in [-0.3, -0.25) is 14.4 Å². The summed E-state index contributed by atoms with van der Waals surface area (Å²) < 4.78 is 10.7. The lowest BCUT2D eigenvalue weighted by atomic mass is 9.79. The molecule has 2 bridgehead atoms. The Bertz CT molecular complexity index is 1090. The van der Waals surface area contributed by atoms with Gasteiger partial charge in [-0.2, -0.15) is 0 Å². The van der Waals surface area contributed by atoms with Crippen molar-refractivity contribution in [1.29, 1.82) is 0 Å². The number of hydrogen-bond acceptors (Lipinski definition) is 5. The van der Waals surface area contributed by atoms with Crippen molar-refractivity contribution in [3.63, 3.8) is 0 Å². The van der Waals surface area contributed by atoms with Gasteiger partial charge in [0.1, 0.15) is 11.9 Å². The molecule has 2 aliphatic carbocycles. The van der Waals surface area contributed by atoms with Gasteiger partial charge >= 0.3 is 5.97 Å². The lowest BCUT2D eigenvalue weighted by molar-refractivity contribution is -0.145. The normalized spacial score (nSPS) is 27.7. The third kappa shape index (κ3) is 3.43. The van der Waals surface area contributed by atoms with Crippen molar-refractivity contribution in [3.05, 3.63) is 53.1 Å². The number of ether oxygens (including phenoxy) is 2. The fourth-order valence-electron chi connectivity index (χ4n) is 5.30. The maximum atomic E-state index is 13.0. The lowest BCUT2D eigenvalue weighted by Crippen LogP contribution is -2.35. The number of esters is 1. The predicted molar refractivity (Wildman–Crippen MR) is 114 cm³/mol. The highest BCUT2D eigenvalue weighted by Crippen LogP contribution is 2.57. The summed E-state index contributed by atoms with van der Waals surface area (Å²) >= 11 is 6.02. The van der Waals surface area contributed by atoms with Crippen molar-refractivity contribution in [3.8, 4) is 5.75 Å². The van der Waals surface area contributed by atoms with Crippen molar-refractivity contribution in [1.82, 2.24) is 0 Å². The summed E-state index contributed by atoms with van der Waals surface area (Å²) in [5.41, 5.74) is 1.32. The van der Waals surface area contributed by atoms with Crippen LogP contribution in [0.4, 0.5) is 11.4 Å². The minimum absolute atomic E-state index is 0.0120. The first-order valence-electron chi connectivity index (χ1n) is 10.2. The number of rotatable bonds is 5. The number of anilines is 2. The molecular weight excluding hydrogens is 420 g/mol. The van der Waals surface area contributed by atoms with E-state index in [0.29, 0.717) is 27.7 Å². The van der Waals surface area contributed by atoms with Gasteiger partial charge in [-0.15, -0.1) is 0 Å². The van der Waals surface area contributed by atoms with Crippen molar-refractivity contribution >= 4 is 40.8 Å². The second kappa shape index (κ2) is 7.57. The van der Waals surface area contributed by atoms with Crippen LogP contribution in [0.1, 0.15) is 23.2 Å². The van der Waals surface area contributed by atoms with E-state index in [9.17, 15) is 14.4 Å². The second-order valence-corrected chi connectivity index (χ2v) is 8.73. The van der Waals surface area contributed by atoms with Gasteiger partial charge < -0.3 is 20.1 Å². The lowest BCUT2D eigenvalue weighted by Gasteiger charge is -2.23. The summed E-state index contributed by atoms with van der Waals surface area (Å²) in [5, 5.41) is 6.14. The van der Waals surface area contributed by atoms with E-state index < -0.39 is 0 Å². The molecule has 5 atom stereocenters. The number of nitrogens with one attached hydrogen (secondary N) is 2. The Morgan fingerprint density at radius 3 is 2.77 bits per heavy atom. The van der Waals surface area contributed by atoms with Gasteiger partial charge in [0.15, 0.2) is 0 Å². The van der Waals surface area contributed by atoms with Crippen LogP contribution in [-0.4, -0.2) is 31.0 Å². The summed E-state index contributed by atoms with van der Waals surface area (Å²) in [7, 11) is 1.51. The van der Waals surface area contributed by atoms with Crippen LogP contribution >= 0.6 is 11.6 Å². The van der Waals surface area contributed by atoms with E-state index in [2.05, 4.69) is 10.6 Å². The number of methoxy groups -OCH3 is 1. The number of hydrogen-bond donors (Lipinski definition) is 2. The maximum absolute atomic E-state index is 13.0. The molecule has 3 aliphatic rings. The van der Waals surface area contributed by atoms with Gasteiger partial charge in [-0.05, 0) is 55.2 Å². The van der Waals surface area contributed by atoms with Crippen LogP contribution in [0, 0.1) is 23.7 Å². The van der Waals surface area contributed by atoms with Crippen LogP contribution in [0.15, 0.2) is 42.5 Å². The molecular formula is C23H21ClN2O5. The minimum Gasteiger partial charge on any atom is -0.495 e. The molecule has 1 saturated heterocycles. The first-order valence-corrected chi connectivity index (χ1v) is 10.6. The number of fused-ring (bicyclic) bond motifs is 1. The van der Waals surface area contributed by atoms with E-state index in [0.717, 1.165) is 12.8 Å². The molecule has 8 heteroatoms. The van der Waals surface area contributed by atoms with Crippen molar-refractivity contribution < 1.29 is 23.9 Å². The predicted octanol–water partition coefficient (Wildman–Crippen LogP) is 3.74. The van der Waals surface area contributed by atoms with E-state index in [-0.39, 0.29) is 47.6 Å². The van der Waals surface area contributed by atoms with Crippen LogP contribution in [0.5, 0.6) is 5.75 Å². The molecule has 160 valence electrons. The molecule has 0 radical (unpaired) electrons. The van der Waals surface area contributed by atoms with E-state index in [4.69, 9.17) is 21.1 Å². The molecule has 2 amide bonds. The number of carbonyl (C=O) groups is 3. The average Bonchev–Trinajstić information content (AvgIpc) is 3.37. The van der Waals surface area contributed by atoms with Crippen molar-refractivity contribution in [2.45, 2.75) is 18.9 Å². The summed E-state index contributed by atoms with van der Waals surface area (Å²) in [5.74, 6) is -0.692. The number of halogens is 1. The summed E-state index contributed by atoms with van der Waals surface area (Å²) in [6.07, 6.45) is 1.61. The van der Waals surface area contributed by atoms with Gasteiger partial charge in [0.2, 0.25) is 5.91 Å². The Labute approximate surface area is 184 Å². The third-order valence-corrected chi connectivity index (χ3v) is 6.82. The van der Waals surface area contributed by atoms with E-state index in [1.807, 2.05) is 0 Å². The fraction of sp³-hybridized carbons (Fsp3) is 0.348. The molecule has 5 rings (SSSR count). The van der Waals surface area contributed by atoms with Crippen molar-refractivity contribution in [2.24, 2.45) is 23.7 Å². The standard InChI is InChI=1S/C23H21ClN2O5/c1-30-17-6-5-13(24)10-16(17)26-21(27)11-3-2-4-14(7-11)25-22(28)19-12-8-15-18(9-12)31-23(29)20(15)19/h2-7,10,12,15,18-20H,8-9H2,1H3,(H,25,28)(H,26,27)/t12-,15+,18-,19-,20+/m0/s1. The zero-order valence-corrected chi connectivity index (χ0v) is 17.5. The second-order valence-electron chi connectivity index (χ2n) is 8.29. The highest BCUT2D eigenvalue weighted by atomic mass is 35.5. The Kier molecular flexibility index (Phi) is 4.85. The van der Waals surface area contributed by atoms with Gasteiger partial charge in [0.25, 0.3) is 5.91 Å². The molecule has 7 nitrogen and oxygen atoms in total. The highest BCUT2D eigenvalue weighted by molar-refractivity contribution is 6.31. The van der Waals surface area contributed by atoms with E-state index in [1.54, 1.807) is 42.5 Å². The zero-order valence-electron chi connectivity index (χ0n) is 16.8. The quantitative estimate of drug-likeness (QED) is 0.691. The summed E-state index contributed by atoms with van der Waals surface area (Å²) in [6.45, 7) is 0. The Hall–Kier alpha value is -3.06. The van der Waals surface area contributed by atoms with Gasteiger partial charge in [0.05, 0.1) is 24.6 Å². The van der Waals surface area contributed by atoms with Crippen LogP contribution in [-0.2, 0) is 14.3 Å². The molecule has 1 aliphatic heterocycles. The molecule has 1 heterocycles. The van der Waals surface area contributed by atoms with Crippen molar-refractivity contribution in [2.75, 3.05) is 17.7 Å². The monoisotopic (exact) mass is 440 g/mol. The molecule has 31 heavy (non-hydrogen) atoms. The SMILES string of the molecule is COc1ccc(Cl)cc1NC(=O)c1cccc(NC(=O)[C@H]2[C@H]3C[C@H]4[C@H]2C(=O)O[C@H]4C3)c1. The number of carbonyl (C=O) groups excluding carboxylic acids is 3. The number of benzene rings is 2. The Morgan fingerprint density at radius 2 is 1.97 bits per heavy atom. The first kappa shape index (κ1) is 19.9. The summed E-state index contributed by atoms with van der Waals surface area (Å²) in [4.78, 5) is 37.9. The average molecular weight is 441 g/mol. The fourth-order valence-corrected chi connectivity index (χ4v) is 5.47. The first-order chi connectivity index (χ1) is 14.9. The smallest absolute Gasteiger partial charge is 0.310 e. The summed E-state index contributed by atoms with van der Waals surface area (Å²) in [6, 6.07) is 11.6. The molecule has 2 N–H and O–H groups in total. The molecule has 2 aromatic carbocycles. The number of amides is 2. The largest absolute Gasteiger partial charge is 0.495 e. The molecule has 2 aromatic rings. The highest BCUT2D eigenvalue weighted by Gasteiger charge is 2.63. The van der Waals surface area contributed by atoms with Crippen LogP contribution in [0.2, 0.25) is 5.02 Å². The Balaban J connectivity index is 1.31. The van der Waals surface area contributed by atoms with Crippen LogP contribution < -0.4 is 15.4 Å². The van der Waals surface area contributed by atoms with Crippen LogP contribution in [0.25, 0.3) is 0 Å². The molecule has 2 saturated carbocycles. The Morgan fingerprint density at radius 1 is 1.13 bits per heavy atom. The van der Waals surface area contributed by atoms with Gasteiger partial charge in [0, 0.05) is 22.2 Å². The van der Waals surface area contributed by atoms with Gasteiger partial charge in [-0.1, -0.05) is 17.7 Å². The van der Waals surface area contributed by atoms with Gasteiger partial charge in [-0.25, -0.2) is 0 Å². The molecule has 3 fully saturated rings. The minimum atomic E-state index is -0.371. The maximum Gasteiger partial charge on any atom is 0.310 e. The third-order valence-electron chi connectivity index (χ3n) is 6.59. The zero-order chi connectivity index (χ0) is 21.7.